The van der Waals surface area contributed by atoms with Gasteiger partial charge in [0.2, 0.25) is 11.8 Å². The summed E-state index contributed by atoms with van der Waals surface area (Å²) >= 11 is 0. The predicted octanol–water partition coefficient (Wildman–Crippen LogP) is 4.50. The summed E-state index contributed by atoms with van der Waals surface area (Å²) in [6.45, 7) is 0.776. The van der Waals surface area contributed by atoms with Gasteiger partial charge in [-0.1, -0.05) is 38.2 Å². The SMILES string of the molecule is O=C(CCC1CCCCC1)Nc1cccc(N2CCCCC2=O)c1. The molecule has 0 radical (unpaired) electrons. The zero-order valence-electron chi connectivity index (χ0n) is 14.4. The highest BCUT2D eigenvalue weighted by molar-refractivity contribution is 5.96. The van der Waals surface area contributed by atoms with E-state index >= 15 is 0 Å². The summed E-state index contributed by atoms with van der Waals surface area (Å²) < 4.78 is 0. The Morgan fingerprint density at radius 3 is 2.75 bits per heavy atom. The molecule has 130 valence electrons. The van der Waals surface area contributed by atoms with Gasteiger partial charge >= 0.3 is 0 Å². The topological polar surface area (TPSA) is 49.4 Å². The van der Waals surface area contributed by atoms with Gasteiger partial charge in [0, 0.05) is 30.8 Å². The Morgan fingerprint density at radius 1 is 1.12 bits per heavy atom. The lowest BCUT2D eigenvalue weighted by Crippen LogP contribution is -2.35. The van der Waals surface area contributed by atoms with Crippen molar-refractivity contribution < 1.29 is 9.59 Å². The number of nitrogens with one attached hydrogen (secondary N) is 1. The van der Waals surface area contributed by atoms with E-state index in [-0.39, 0.29) is 11.8 Å². The fourth-order valence-corrected chi connectivity index (χ4v) is 3.86. The van der Waals surface area contributed by atoms with Crippen molar-refractivity contribution in [2.24, 2.45) is 5.92 Å². The molecular formula is C20H28N2O2. The molecule has 24 heavy (non-hydrogen) atoms. The first-order valence-corrected chi connectivity index (χ1v) is 9.42. The second-order valence-corrected chi connectivity index (χ2v) is 7.14. The van der Waals surface area contributed by atoms with Crippen LogP contribution in [0.3, 0.4) is 0 Å². The Bertz CT molecular complexity index is 579. The molecular weight excluding hydrogens is 300 g/mol. The normalized spacial score (nSPS) is 19.3. The van der Waals surface area contributed by atoms with Gasteiger partial charge in [-0.05, 0) is 43.4 Å². The number of piperidine rings is 1. The maximum absolute atomic E-state index is 12.2. The van der Waals surface area contributed by atoms with Crippen LogP contribution in [0.2, 0.25) is 0 Å². The van der Waals surface area contributed by atoms with E-state index in [4.69, 9.17) is 0 Å². The van der Waals surface area contributed by atoms with Crippen molar-refractivity contribution in [2.45, 2.75) is 64.2 Å². The average Bonchev–Trinajstić information content (AvgIpc) is 2.61. The Hall–Kier alpha value is -1.84. The van der Waals surface area contributed by atoms with Crippen LogP contribution in [0.4, 0.5) is 11.4 Å². The van der Waals surface area contributed by atoms with Gasteiger partial charge in [-0.25, -0.2) is 0 Å². The minimum atomic E-state index is 0.0858. The molecule has 3 rings (SSSR count). The van der Waals surface area contributed by atoms with Crippen molar-refractivity contribution in [3.8, 4) is 0 Å². The van der Waals surface area contributed by atoms with Crippen LogP contribution in [0, 0.1) is 5.92 Å². The number of rotatable bonds is 5. The molecule has 2 aliphatic rings. The van der Waals surface area contributed by atoms with Gasteiger partial charge in [0.25, 0.3) is 0 Å². The minimum absolute atomic E-state index is 0.0858. The van der Waals surface area contributed by atoms with Gasteiger partial charge in [0.15, 0.2) is 0 Å². The summed E-state index contributed by atoms with van der Waals surface area (Å²) in [5.74, 6) is 0.992. The van der Waals surface area contributed by atoms with Gasteiger partial charge < -0.3 is 10.2 Å². The third kappa shape index (κ3) is 4.59. The van der Waals surface area contributed by atoms with Crippen LogP contribution in [0.25, 0.3) is 0 Å². The number of amides is 2. The Balaban J connectivity index is 1.53. The Kier molecular flexibility index (Phi) is 5.89. The van der Waals surface area contributed by atoms with Crippen molar-refractivity contribution in [3.05, 3.63) is 24.3 Å². The maximum Gasteiger partial charge on any atom is 0.226 e. The molecule has 1 aliphatic heterocycles. The second-order valence-electron chi connectivity index (χ2n) is 7.14. The van der Waals surface area contributed by atoms with Gasteiger partial charge in [0.05, 0.1) is 0 Å². The van der Waals surface area contributed by atoms with Crippen LogP contribution in [-0.4, -0.2) is 18.4 Å². The summed E-state index contributed by atoms with van der Waals surface area (Å²) in [7, 11) is 0. The summed E-state index contributed by atoms with van der Waals surface area (Å²) in [4.78, 5) is 26.1. The standard InChI is InChI=1S/C20H28N2O2/c23-19(13-12-16-7-2-1-3-8-16)21-17-9-6-10-18(15-17)22-14-5-4-11-20(22)24/h6,9-10,15-16H,1-5,7-8,11-14H2,(H,21,23). The van der Waals surface area contributed by atoms with Crippen LogP contribution < -0.4 is 10.2 Å². The number of hydrogen-bond donors (Lipinski definition) is 1. The fourth-order valence-electron chi connectivity index (χ4n) is 3.86. The molecule has 1 heterocycles. The van der Waals surface area contributed by atoms with Crippen molar-refractivity contribution in [1.29, 1.82) is 0 Å². The highest BCUT2D eigenvalue weighted by Gasteiger charge is 2.20. The Morgan fingerprint density at radius 2 is 1.96 bits per heavy atom. The lowest BCUT2D eigenvalue weighted by molar-refractivity contribution is -0.119. The van der Waals surface area contributed by atoms with Gasteiger partial charge in [0.1, 0.15) is 0 Å². The largest absolute Gasteiger partial charge is 0.326 e. The molecule has 1 saturated carbocycles. The fraction of sp³-hybridized carbons (Fsp3) is 0.600. The number of benzene rings is 1. The van der Waals surface area contributed by atoms with Crippen LogP contribution in [0.15, 0.2) is 24.3 Å². The predicted molar refractivity (Wildman–Crippen MR) is 97.1 cm³/mol. The molecule has 1 aromatic carbocycles. The van der Waals surface area contributed by atoms with Crippen LogP contribution in [-0.2, 0) is 9.59 Å². The van der Waals surface area contributed by atoms with E-state index in [0.29, 0.717) is 12.8 Å². The first-order chi connectivity index (χ1) is 11.7. The first-order valence-electron chi connectivity index (χ1n) is 9.42. The lowest BCUT2D eigenvalue weighted by Gasteiger charge is -2.27. The molecule has 2 fully saturated rings. The van der Waals surface area contributed by atoms with Crippen LogP contribution in [0.5, 0.6) is 0 Å². The van der Waals surface area contributed by atoms with E-state index < -0.39 is 0 Å². The lowest BCUT2D eigenvalue weighted by atomic mass is 9.86. The first kappa shape index (κ1) is 17.0. The molecule has 1 aliphatic carbocycles. The van der Waals surface area contributed by atoms with E-state index in [1.165, 1.54) is 32.1 Å². The number of anilines is 2. The number of nitrogens with zero attached hydrogens (tertiary/aromatic N) is 1. The molecule has 0 aromatic heterocycles. The molecule has 1 aromatic rings. The smallest absolute Gasteiger partial charge is 0.226 e. The van der Waals surface area contributed by atoms with Crippen molar-refractivity contribution in [1.82, 2.24) is 0 Å². The van der Waals surface area contributed by atoms with E-state index in [9.17, 15) is 9.59 Å². The highest BCUT2D eigenvalue weighted by Crippen LogP contribution is 2.28. The summed E-state index contributed by atoms with van der Waals surface area (Å²) in [6, 6.07) is 7.67. The Labute approximate surface area is 144 Å². The van der Waals surface area contributed by atoms with Gasteiger partial charge in [-0.15, -0.1) is 0 Å². The molecule has 0 atom stereocenters. The third-order valence-corrected chi connectivity index (χ3v) is 5.27. The number of carbonyl (C=O) groups is 2. The van der Waals surface area contributed by atoms with Crippen LogP contribution in [0.1, 0.15) is 64.2 Å². The quantitative estimate of drug-likeness (QED) is 0.865. The van der Waals surface area contributed by atoms with Crippen molar-refractivity contribution in [3.63, 3.8) is 0 Å². The number of hydrogen-bond acceptors (Lipinski definition) is 2. The zero-order valence-corrected chi connectivity index (χ0v) is 14.4. The third-order valence-electron chi connectivity index (χ3n) is 5.27. The van der Waals surface area contributed by atoms with Gasteiger partial charge in [-0.3, -0.25) is 9.59 Å². The van der Waals surface area contributed by atoms with E-state index in [1.807, 2.05) is 29.2 Å². The van der Waals surface area contributed by atoms with E-state index in [1.54, 1.807) is 0 Å². The molecule has 0 bridgehead atoms. The maximum atomic E-state index is 12.2. The average molecular weight is 328 g/mol. The van der Waals surface area contributed by atoms with E-state index in [2.05, 4.69) is 5.32 Å². The van der Waals surface area contributed by atoms with Gasteiger partial charge in [-0.2, -0.15) is 0 Å². The summed E-state index contributed by atoms with van der Waals surface area (Å²) in [5, 5.41) is 3.00. The van der Waals surface area contributed by atoms with Crippen LogP contribution >= 0.6 is 0 Å². The van der Waals surface area contributed by atoms with Crippen molar-refractivity contribution >= 4 is 23.2 Å². The number of carbonyl (C=O) groups excluding carboxylic acids is 2. The summed E-state index contributed by atoms with van der Waals surface area (Å²) in [6.07, 6.45) is 10.8. The molecule has 0 spiro atoms. The molecule has 4 heteroatoms. The van der Waals surface area contributed by atoms with E-state index in [0.717, 1.165) is 43.1 Å². The van der Waals surface area contributed by atoms with Crippen molar-refractivity contribution in [2.75, 3.05) is 16.8 Å². The molecule has 2 amide bonds. The minimum Gasteiger partial charge on any atom is -0.326 e. The molecule has 1 N–H and O–H groups in total. The molecule has 1 saturated heterocycles. The monoisotopic (exact) mass is 328 g/mol. The zero-order chi connectivity index (χ0) is 16.8. The summed E-state index contributed by atoms with van der Waals surface area (Å²) in [5.41, 5.74) is 1.68. The molecule has 4 nitrogen and oxygen atoms in total. The highest BCUT2D eigenvalue weighted by atomic mass is 16.2. The molecule has 0 unspecified atom stereocenters. The second kappa shape index (κ2) is 8.32.